The molecule has 0 N–H and O–H groups in total. The predicted octanol–water partition coefficient (Wildman–Crippen LogP) is 7.32. The first kappa shape index (κ1) is 24.9. The van der Waals surface area contributed by atoms with Gasteiger partial charge in [-0.05, 0) is 59.2 Å². The van der Waals surface area contributed by atoms with Crippen LogP contribution in [0.3, 0.4) is 0 Å². The van der Waals surface area contributed by atoms with Crippen LogP contribution in [0.1, 0.15) is 69.2 Å². The van der Waals surface area contributed by atoms with Crippen molar-refractivity contribution in [1.29, 1.82) is 0 Å². The second-order valence-corrected chi connectivity index (χ2v) is 12.2. The molecule has 0 saturated heterocycles. The summed E-state index contributed by atoms with van der Waals surface area (Å²) in [6, 6.07) is 0. The first-order chi connectivity index (χ1) is 10.5. The summed E-state index contributed by atoms with van der Waals surface area (Å²) in [5.41, 5.74) is 0. The van der Waals surface area contributed by atoms with Crippen molar-refractivity contribution in [3.63, 3.8) is 0 Å². The summed E-state index contributed by atoms with van der Waals surface area (Å²) in [5.74, 6) is 24.6. The average Bonchev–Trinajstić information content (AvgIpc) is 2.80. The van der Waals surface area contributed by atoms with Gasteiger partial charge in [0.15, 0.2) is 0 Å². The molecule has 3 heteroatoms. The Morgan fingerprint density at radius 2 is 0.391 bits per heavy atom. The summed E-state index contributed by atoms with van der Waals surface area (Å²) >= 11 is -1.06. The molecule has 23 heavy (non-hydrogen) atoms. The quantitative estimate of drug-likeness (QED) is 0.285. The molecule has 2 saturated carbocycles. The second kappa shape index (κ2) is 11.6. The normalized spacial score (nSPS) is 25.2. The third-order valence-corrected chi connectivity index (χ3v) is 5.62. The molecule has 10 radical (unpaired) electrons. The van der Waals surface area contributed by atoms with Gasteiger partial charge in [-0.25, -0.2) is 0 Å². The van der Waals surface area contributed by atoms with Crippen LogP contribution in [0.2, 0.25) is 0 Å². The molecule has 0 nitrogen and oxygen atoms in total. The van der Waals surface area contributed by atoms with Crippen LogP contribution < -0.4 is 0 Å². The van der Waals surface area contributed by atoms with E-state index >= 15 is 0 Å². The Hall–Kier alpha value is 1.90. The third-order valence-electron chi connectivity index (χ3n) is 5.62. The van der Waals surface area contributed by atoms with Gasteiger partial charge in [-0.1, -0.05) is 69.2 Å². The molecule has 0 aromatic carbocycles. The summed E-state index contributed by atoms with van der Waals surface area (Å²) < 4.78 is 0. The summed E-state index contributed by atoms with van der Waals surface area (Å²) in [7, 11) is 0. The molecular formula is C20H30Cl2Th. The van der Waals surface area contributed by atoms with Crippen molar-refractivity contribution in [2.75, 3.05) is 0 Å². The topological polar surface area (TPSA) is 0 Å². The summed E-state index contributed by atoms with van der Waals surface area (Å²) in [6.45, 7) is 22.0. The van der Waals surface area contributed by atoms with Crippen LogP contribution in [0.25, 0.3) is 0 Å². The van der Waals surface area contributed by atoms with Gasteiger partial charge in [0.25, 0.3) is 0 Å². The van der Waals surface area contributed by atoms with E-state index in [1.165, 1.54) is 59.2 Å². The van der Waals surface area contributed by atoms with Crippen LogP contribution in [0.15, 0.2) is 0 Å². The number of halogens is 2. The molecule has 0 amide bonds. The molecule has 2 aliphatic rings. The molecular weight excluding hydrogens is 543 g/mol. The van der Waals surface area contributed by atoms with Gasteiger partial charge >= 0.3 is 44.7 Å². The summed E-state index contributed by atoms with van der Waals surface area (Å²) in [5, 5.41) is 0. The van der Waals surface area contributed by atoms with Gasteiger partial charge in [0.2, 0.25) is 0 Å². The summed E-state index contributed by atoms with van der Waals surface area (Å²) in [6.07, 6.45) is 0. The van der Waals surface area contributed by atoms with Crippen molar-refractivity contribution in [1.82, 2.24) is 0 Å². The minimum atomic E-state index is -1.06. The average molecular weight is 573 g/mol. The number of hydrogen-bond donors (Lipinski definition) is 0. The molecule has 0 unspecified atom stereocenters. The van der Waals surface area contributed by atoms with Gasteiger partial charge in [0, 0.05) is 0 Å². The first-order valence-corrected chi connectivity index (χ1v) is 18.0. The van der Waals surface area contributed by atoms with E-state index in [-0.39, 0.29) is 0 Å². The van der Waals surface area contributed by atoms with Crippen LogP contribution >= 0.6 is 11.9 Å². The van der Waals surface area contributed by atoms with Crippen molar-refractivity contribution >= 4 is 11.9 Å². The first-order valence-electron chi connectivity index (χ1n) is 7.88. The van der Waals surface area contributed by atoms with Gasteiger partial charge in [-0.3, -0.25) is 0 Å². The number of hydrogen-bond acceptors (Lipinski definition) is 0. The van der Waals surface area contributed by atoms with Crippen LogP contribution in [0.5, 0.6) is 0 Å². The maximum absolute atomic E-state index is 4.97. The molecule has 0 heterocycles. The van der Waals surface area contributed by atoms with Gasteiger partial charge in [0.1, 0.15) is 0 Å². The van der Waals surface area contributed by atoms with Gasteiger partial charge in [-0.15, -0.1) is 0 Å². The zero-order valence-electron chi connectivity index (χ0n) is 16.3. The Balaban J connectivity index is 0.000000360. The molecule has 0 aromatic rings. The zero-order chi connectivity index (χ0) is 18.5. The monoisotopic (exact) mass is 572 g/mol. The molecule has 0 spiro atoms. The van der Waals surface area contributed by atoms with E-state index in [1.807, 2.05) is 0 Å². The van der Waals surface area contributed by atoms with Crippen LogP contribution in [0.4, 0.5) is 0 Å². The Kier molecular flexibility index (Phi) is 12.5. The number of rotatable bonds is 0. The molecule has 0 aliphatic heterocycles. The fraction of sp³-hybridized carbons (Fsp3) is 0.500. The van der Waals surface area contributed by atoms with Gasteiger partial charge in [-0.2, -0.15) is 0 Å². The Morgan fingerprint density at radius 1 is 0.348 bits per heavy atom. The SMILES string of the molecule is C[C]1[C](C)[C](C)[C](C)[C]1C.C[C]1[C](C)[C](C)[C](C)[C]1C.[Cl][Th][Cl]. The Bertz CT molecular complexity index is 203. The van der Waals surface area contributed by atoms with E-state index in [1.54, 1.807) is 0 Å². The Labute approximate surface area is 171 Å². The van der Waals surface area contributed by atoms with E-state index in [2.05, 4.69) is 69.2 Å². The van der Waals surface area contributed by atoms with Gasteiger partial charge in [0.05, 0.1) is 0 Å². The van der Waals surface area contributed by atoms with Gasteiger partial charge < -0.3 is 0 Å². The fourth-order valence-electron chi connectivity index (χ4n) is 2.81. The van der Waals surface area contributed by atoms with E-state index < -0.39 is 32.8 Å². The molecule has 0 aromatic heterocycles. The van der Waals surface area contributed by atoms with Crippen molar-refractivity contribution in [3.8, 4) is 0 Å². The molecule has 2 aliphatic carbocycles. The molecule has 0 atom stereocenters. The molecule has 2 rings (SSSR count). The van der Waals surface area contributed by atoms with E-state index in [9.17, 15) is 0 Å². The fourth-order valence-corrected chi connectivity index (χ4v) is 2.81. The third kappa shape index (κ3) is 6.53. The van der Waals surface area contributed by atoms with Crippen molar-refractivity contribution < 1.29 is 32.8 Å². The molecule has 2 fully saturated rings. The second-order valence-electron chi connectivity index (χ2n) is 6.32. The van der Waals surface area contributed by atoms with Crippen molar-refractivity contribution in [3.05, 3.63) is 59.2 Å². The predicted molar refractivity (Wildman–Crippen MR) is 101 cm³/mol. The maximum atomic E-state index is 4.97. The summed E-state index contributed by atoms with van der Waals surface area (Å²) in [4.78, 5) is 0. The standard InChI is InChI=1S/2C10H15.2ClH.Th/c2*1-6-7(2)9(4)10(5)8(6)3;;;/h2*1-5H3;2*1H;/q;;;;+2/p-2. The van der Waals surface area contributed by atoms with Crippen LogP contribution in [-0.2, 0) is 0 Å². The van der Waals surface area contributed by atoms with Crippen molar-refractivity contribution in [2.45, 2.75) is 69.2 Å². The van der Waals surface area contributed by atoms with E-state index in [0.717, 1.165) is 0 Å². The molecule has 128 valence electrons. The van der Waals surface area contributed by atoms with Crippen LogP contribution in [-0.4, -0.2) is 0 Å². The van der Waals surface area contributed by atoms with E-state index in [0.29, 0.717) is 0 Å². The van der Waals surface area contributed by atoms with Crippen LogP contribution in [0, 0.1) is 92.0 Å². The van der Waals surface area contributed by atoms with Crippen molar-refractivity contribution in [2.24, 2.45) is 0 Å². The zero-order valence-corrected chi connectivity index (χ0v) is 21.9. The van der Waals surface area contributed by atoms with E-state index in [4.69, 9.17) is 11.9 Å². The Morgan fingerprint density at radius 3 is 0.435 bits per heavy atom. The minimum absolute atomic E-state index is 1.06. The molecule has 0 bridgehead atoms.